The highest BCUT2D eigenvalue weighted by Crippen LogP contribution is 2.35. The van der Waals surface area contributed by atoms with E-state index < -0.39 is 0 Å². The van der Waals surface area contributed by atoms with Crippen molar-refractivity contribution in [2.24, 2.45) is 0 Å². The first-order valence-corrected chi connectivity index (χ1v) is 12.3. The number of halogens is 1. The number of pyridine rings is 1. The van der Waals surface area contributed by atoms with E-state index in [9.17, 15) is 9.59 Å². The Kier molecular flexibility index (Phi) is 7.11. The van der Waals surface area contributed by atoms with Gasteiger partial charge >= 0.3 is 6.03 Å². The number of fused-ring (bicyclic) bond motifs is 1. The molecule has 0 radical (unpaired) electrons. The Labute approximate surface area is 213 Å². The van der Waals surface area contributed by atoms with E-state index in [-0.39, 0.29) is 24.1 Å². The molecule has 1 aliphatic heterocycles. The van der Waals surface area contributed by atoms with Crippen molar-refractivity contribution in [3.63, 3.8) is 0 Å². The van der Waals surface area contributed by atoms with Gasteiger partial charge in [-0.25, -0.2) is 4.79 Å². The molecule has 1 aliphatic carbocycles. The van der Waals surface area contributed by atoms with Crippen LogP contribution in [0.25, 0.3) is 10.9 Å². The van der Waals surface area contributed by atoms with Crippen LogP contribution < -0.4 is 25.4 Å². The summed E-state index contributed by atoms with van der Waals surface area (Å²) in [4.78, 5) is 29.4. The maximum absolute atomic E-state index is 13.0. The largest absolute Gasteiger partial charge is 0.496 e. The van der Waals surface area contributed by atoms with Crippen LogP contribution in [0.5, 0.6) is 17.2 Å². The summed E-state index contributed by atoms with van der Waals surface area (Å²) in [5.41, 5.74) is 1.47. The number of benzene rings is 2. The first kappa shape index (κ1) is 24.1. The van der Waals surface area contributed by atoms with Gasteiger partial charge in [-0.3, -0.25) is 9.78 Å². The minimum atomic E-state index is -0.285. The van der Waals surface area contributed by atoms with E-state index in [0.29, 0.717) is 51.0 Å². The average Bonchev–Trinajstić information content (AvgIpc) is 3.53. The minimum absolute atomic E-state index is 0.0305. The number of ether oxygens (including phenoxy) is 3. The first-order chi connectivity index (χ1) is 17.5. The number of methoxy groups -OCH3 is 1. The molecule has 188 valence electrons. The van der Waals surface area contributed by atoms with Crippen molar-refractivity contribution in [3.8, 4) is 17.2 Å². The summed E-state index contributed by atoms with van der Waals surface area (Å²) >= 11 is 6.39. The van der Waals surface area contributed by atoms with Crippen molar-refractivity contribution in [2.45, 2.75) is 37.8 Å². The van der Waals surface area contributed by atoms with Crippen LogP contribution in [0.4, 0.5) is 10.5 Å². The van der Waals surface area contributed by atoms with Crippen molar-refractivity contribution < 1.29 is 23.8 Å². The molecule has 36 heavy (non-hydrogen) atoms. The fraction of sp³-hybridized carbons (Fsp3) is 0.346. The predicted octanol–water partition coefficient (Wildman–Crippen LogP) is 4.88. The highest BCUT2D eigenvalue weighted by Gasteiger charge is 2.24. The molecule has 2 aliphatic rings. The van der Waals surface area contributed by atoms with Crippen LogP contribution in [0.2, 0.25) is 5.02 Å². The lowest BCUT2D eigenvalue weighted by atomic mass is 10.1. The summed E-state index contributed by atoms with van der Waals surface area (Å²) in [7, 11) is 1.51. The molecule has 1 atom stereocenters. The Morgan fingerprint density at radius 3 is 2.72 bits per heavy atom. The summed E-state index contributed by atoms with van der Waals surface area (Å²) in [6.07, 6.45) is 5.58. The highest BCUT2D eigenvalue weighted by molar-refractivity contribution is 6.33. The van der Waals surface area contributed by atoms with Gasteiger partial charge in [0.05, 0.1) is 35.0 Å². The number of hydrogen-bond donors (Lipinski definition) is 3. The molecule has 0 spiro atoms. The van der Waals surface area contributed by atoms with Crippen LogP contribution in [-0.4, -0.2) is 49.3 Å². The molecule has 9 nitrogen and oxygen atoms in total. The van der Waals surface area contributed by atoms with Gasteiger partial charge < -0.3 is 30.2 Å². The second kappa shape index (κ2) is 10.6. The summed E-state index contributed by atoms with van der Waals surface area (Å²) < 4.78 is 17.2. The number of rotatable bonds is 8. The van der Waals surface area contributed by atoms with Gasteiger partial charge in [0.1, 0.15) is 17.2 Å². The van der Waals surface area contributed by atoms with Crippen molar-refractivity contribution >= 4 is 40.1 Å². The number of hydrogen-bond acceptors (Lipinski definition) is 6. The molecular weight excluding hydrogens is 484 g/mol. The van der Waals surface area contributed by atoms with Crippen molar-refractivity contribution in [1.29, 1.82) is 0 Å². The molecular formula is C26H27ClN4O5. The third-order valence-electron chi connectivity index (χ3n) is 6.11. The second-order valence-electron chi connectivity index (χ2n) is 8.84. The number of aromatic nitrogens is 1. The molecule has 3 aromatic rings. The maximum Gasteiger partial charge on any atom is 0.319 e. The molecule has 10 heteroatoms. The molecule has 0 bridgehead atoms. The van der Waals surface area contributed by atoms with E-state index in [1.807, 2.05) is 0 Å². The van der Waals surface area contributed by atoms with E-state index in [0.717, 1.165) is 32.3 Å². The van der Waals surface area contributed by atoms with E-state index in [1.54, 1.807) is 42.6 Å². The lowest BCUT2D eigenvalue weighted by Crippen LogP contribution is -2.32. The number of carbonyl (C=O) groups is 2. The van der Waals surface area contributed by atoms with Crippen LogP contribution in [0.15, 0.2) is 42.6 Å². The summed E-state index contributed by atoms with van der Waals surface area (Å²) in [6, 6.07) is 10.1. The Bertz CT molecular complexity index is 1290. The number of urea groups is 1. The van der Waals surface area contributed by atoms with Crippen LogP contribution >= 0.6 is 11.6 Å². The molecule has 5 rings (SSSR count). The third kappa shape index (κ3) is 5.63. The Morgan fingerprint density at radius 2 is 2.00 bits per heavy atom. The van der Waals surface area contributed by atoms with Gasteiger partial charge in [0.25, 0.3) is 5.91 Å². The standard InChI is InChI=1S/C26H27ClN4O5/c1-34-24-13-22-18(12-19(24)25(32)29-14-17-3-2-10-35-17)23(8-9-28-22)36-16-6-7-21(20(27)11-16)31-26(33)30-15-4-5-15/h6-9,11-13,15,17H,2-5,10,14H2,1H3,(H,29,32)(H2,30,31,33)/t17-/m0/s1. The zero-order valence-corrected chi connectivity index (χ0v) is 20.6. The fourth-order valence-corrected chi connectivity index (χ4v) is 4.27. The normalized spacial score (nSPS) is 17.0. The molecule has 2 heterocycles. The van der Waals surface area contributed by atoms with Crippen molar-refractivity contribution in [2.75, 3.05) is 25.6 Å². The minimum Gasteiger partial charge on any atom is -0.496 e. The molecule has 1 saturated heterocycles. The van der Waals surface area contributed by atoms with Crippen molar-refractivity contribution in [1.82, 2.24) is 15.6 Å². The first-order valence-electron chi connectivity index (χ1n) is 11.9. The summed E-state index contributed by atoms with van der Waals surface area (Å²) in [5, 5.41) is 9.52. The smallest absolute Gasteiger partial charge is 0.319 e. The highest BCUT2D eigenvalue weighted by atomic mass is 35.5. The van der Waals surface area contributed by atoms with Crippen LogP contribution in [-0.2, 0) is 4.74 Å². The van der Waals surface area contributed by atoms with E-state index >= 15 is 0 Å². The quantitative estimate of drug-likeness (QED) is 0.398. The van der Waals surface area contributed by atoms with E-state index in [2.05, 4.69) is 20.9 Å². The zero-order valence-electron chi connectivity index (χ0n) is 19.8. The van der Waals surface area contributed by atoms with Crippen LogP contribution in [0.3, 0.4) is 0 Å². The third-order valence-corrected chi connectivity index (χ3v) is 6.42. The Balaban J connectivity index is 1.36. The predicted molar refractivity (Wildman–Crippen MR) is 136 cm³/mol. The van der Waals surface area contributed by atoms with Crippen molar-refractivity contribution in [3.05, 3.63) is 53.2 Å². The van der Waals surface area contributed by atoms with Gasteiger partial charge in [-0.1, -0.05) is 11.6 Å². The van der Waals surface area contributed by atoms with Gasteiger partial charge in [-0.05, 0) is 49.9 Å². The van der Waals surface area contributed by atoms with Gasteiger partial charge in [0, 0.05) is 42.9 Å². The monoisotopic (exact) mass is 510 g/mol. The summed E-state index contributed by atoms with van der Waals surface area (Å²) in [5.74, 6) is 1.13. The molecule has 2 fully saturated rings. The number of anilines is 1. The topological polar surface area (TPSA) is 111 Å². The van der Waals surface area contributed by atoms with Gasteiger partial charge in [0.2, 0.25) is 0 Å². The number of nitrogens with one attached hydrogen (secondary N) is 3. The van der Waals surface area contributed by atoms with Gasteiger partial charge in [-0.2, -0.15) is 0 Å². The van der Waals surface area contributed by atoms with Crippen LogP contribution in [0.1, 0.15) is 36.0 Å². The Hall–Kier alpha value is -3.56. The lowest BCUT2D eigenvalue weighted by Gasteiger charge is -2.15. The summed E-state index contributed by atoms with van der Waals surface area (Å²) in [6.45, 7) is 1.16. The molecule has 3 amide bonds. The molecule has 0 unspecified atom stereocenters. The van der Waals surface area contributed by atoms with E-state index in [1.165, 1.54) is 7.11 Å². The molecule has 1 aromatic heterocycles. The number of carbonyl (C=O) groups excluding carboxylic acids is 2. The van der Waals surface area contributed by atoms with Gasteiger partial charge in [0.15, 0.2) is 0 Å². The molecule has 3 N–H and O–H groups in total. The van der Waals surface area contributed by atoms with Gasteiger partial charge in [-0.15, -0.1) is 0 Å². The number of nitrogens with zero attached hydrogens (tertiary/aromatic N) is 1. The van der Waals surface area contributed by atoms with Crippen LogP contribution in [0, 0.1) is 0 Å². The zero-order chi connectivity index (χ0) is 25.1. The Morgan fingerprint density at radius 1 is 1.14 bits per heavy atom. The lowest BCUT2D eigenvalue weighted by molar-refractivity contribution is 0.0855. The maximum atomic E-state index is 13.0. The molecule has 1 saturated carbocycles. The fourth-order valence-electron chi connectivity index (χ4n) is 4.05. The average molecular weight is 511 g/mol. The van der Waals surface area contributed by atoms with E-state index in [4.69, 9.17) is 25.8 Å². The second-order valence-corrected chi connectivity index (χ2v) is 9.25. The number of amides is 3. The SMILES string of the molecule is COc1cc2nccc(Oc3ccc(NC(=O)NC4CC4)c(Cl)c3)c2cc1C(=O)NC[C@@H]1CCCO1. The molecule has 2 aromatic carbocycles.